The topological polar surface area (TPSA) is 48.4 Å². The van der Waals surface area contributed by atoms with E-state index in [1.807, 2.05) is 45.0 Å². The summed E-state index contributed by atoms with van der Waals surface area (Å²) in [6.45, 7) is 6.07. The maximum atomic E-state index is 9.78. The molecule has 2 rings (SSSR count). The number of hydrogen-bond donors (Lipinski definition) is 2. The lowest BCUT2D eigenvalue weighted by Crippen LogP contribution is -2.09. The molecule has 2 aromatic rings. The number of nitrogens with one attached hydrogen (secondary N) is 1. The first-order valence-electron chi connectivity index (χ1n) is 5.32. The maximum absolute atomic E-state index is 9.78. The third-order valence-electron chi connectivity index (χ3n) is 2.31. The molecule has 2 N–H and O–H groups in total. The van der Waals surface area contributed by atoms with Gasteiger partial charge in [0.05, 0.1) is 11.1 Å². The number of benzene rings is 1. The zero-order valence-electron chi connectivity index (χ0n) is 9.78. The smallest absolute Gasteiger partial charge is 0.198 e. The van der Waals surface area contributed by atoms with Crippen molar-refractivity contribution in [3.63, 3.8) is 0 Å². The Bertz CT molecular complexity index is 532. The zero-order valence-corrected chi connectivity index (χ0v) is 9.78. The minimum atomic E-state index is -0.134. The Morgan fingerprint density at radius 1 is 1.25 bits per heavy atom. The molecule has 0 fully saturated rings. The van der Waals surface area contributed by atoms with E-state index < -0.39 is 0 Å². The Kier molecular flexibility index (Phi) is 2.46. The van der Waals surface area contributed by atoms with Crippen LogP contribution >= 0.6 is 0 Å². The van der Waals surface area contributed by atoms with Crippen LogP contribution in [0, 0.1) is 0 Å². The molecule has 0 bridgehead atoms. The number of fused-ring (bicyclic) bond motifs is 1. The van der Waals surface area contributed by atoms with Gasteiger partial charge in [0.15, 0.2) is 5.88 Å². The highest BCUT2D eigenvalue weighted by Crippen LogP contribution is 2.25. The molecule has 3 nitrogen and oxygen atoms in total. The van der Waals surface area contributed by atoms with E-state index in [1.165, 1.54) is 0 Å². The summed E-state index contributed by atoms with van der Waals surface area (Å²) in [5.41, 5.74) is 1.55. The van der Waals surface area contributed by atoms with Gasteiger partial charge in [-0.1, -0.05) is 18.2 Å². The first kappa shape index (κ1) is 10.7. The van der Waals surface area contributed by atoms with Gasteiger partial charge in [-0.3, -0.25) is 4.99 Å². The summed E-state index contributed by atoms with van der Waals surface area (Å²) in [5.74, 6) is 0.175. The van der Waals surface area contributed by atoms with Crippen molar-refractivity contribution < 1.29 is 5.11 Å². The summed E-state index contributed by atoms with van der Waals surface area (Å²) >= 11 is 0. The highest BCUT2D eigenvalue weighted by Gasteiger charge is 2.10. The van der Waals surface area contributed by atoms with Crippen LogP contribution in [0.3, 0.4) is 0 Å². The zero-order chi connectivity index (χ0) is 11.8. The van der Waals surface area contributed by atoms with Crippen LogP contribution < -0.4 is 0 Å². The fraction of sp³-hybridized carbons (Fsp3) is 0.308. The maximum Gasteiger partial charge on any atom is 0.198 e. The van der Waals surface area contributed by atoms with Gasteiger partial charge in [-0.25, -0.2) is 0 Å². The molecule has 0 atom stereocenters. The third kappa shape index (κ3) is 2.08. The van der Waals surface area contributed by atoms with Crippen LogP contribution in [0.5, 0.6) is 5.88 Å². The van der Waals surface area contributed by atoms with Crippen molar-refractivity contribution in [2.75, 3.05) is 0 Å². The molecule has 0 aliphatic rings. The van der Waals surface area contributed by atoms with Crippen LogP contribution in [0.15, 0.2) is 29.3 Å². The normalized spacial score (nSPS) is 12.7. The molecule has 0 aliphatic carbocycles. The van der Waals surface area contributed by atoms with Crippen molar-refractivity contribution in [1.29, 1.82) is 0 Å². The minimum absolute atomic E-state index is 0.134. The van der Waals surface area contributed by atoms with E-state index in [0.717, 1.165) is 16.5 Å². The standard InChI is InChI=1S/C13H16N2O/c1-13(2,3)14-8-10-9-6-4-5-7-11(9)15-12(10)16/h4-8,15-16H,1-3H3. The Balaban J connectivity index is 2.52. The van der Waals surface area contributed by atoms with Gasteiger partial charge in [-0.15, -0.1) is 0 Å². The summed E-state index contributed by atoms with van der Waals surface area (Å²) in [5, 5.41) is 10.8. The van der Waals surface area contributed by atoms with Crippen molar-refractivity contribution in [2.24, 2.45) is 4.99 Å². The van der Waals surface area contributed by atoms with Gasteiger partial charge in [0.1, 0.15) is 0 Å². The highest BCUT2D eigenvalue weighted by molar-refractivity contribution is 6.01. The Morgan fingerprint density at radius 3 is 2.62 bits per heavy atom. The first-order chi connectivity index (χ1) is 7.47. The van der Waals surface area contributed by atoms with Crippen molar-refractivity contribution in [3.05, 3.63) is 29.8 Å². The van der Waals surface area contributed by atoms with E-state index in [2.05, 4.69) is 9.98 Å². The lowest BCUT2D eigenvalue weighted by molar-refractivity contribution is 0.457. The number of aromatic amines is 1. The Labute approximate surface area is 94.8 Å². The molecular formula is C13H16N2O. The van der Waals surface area contributed by atoms with Gasteiger partial charge in [0, 0.05) is 17.1 Å². The second-order valence-corrected chi connectivity index (χ2v) is 4.86. The number of hydrogen-bond acceptors (Lipinski definition) is 2. The molecular weight excluding hydrogens is 200 g/mol. The predicted molar refractivity (Wildman–Crippen MR) is 67.3 cm³/mol. The number of aliphatic imine (C=N–C) groups is 1. The molecule has 0 saturated heterocycles. The number of aromatic hydroxyl groups is 1. The molecule has 3 heteroatoms. The fourth-order valence-electron chi connectivity index (χ4n) is 1.54. The van der Waals surface area contributed by atoms with Gasteiger partial charge in [-0.05, 0) is 26.8 Å². The molecule has 1 heterocycles. The number of nitrogens with zero attached hydrogens (tertiary/aromatic N) is 1. The van der Waals surface area contributed by atoms with Crippen molar-refractivity contribution in [2.45, 2.75) is 26.3 Å². The quantitative estimate of drug-likeness (QED) is 0.707. The number of aromatic nitrogens is 1. The molecule has 0 amide bonds. The molecule has 0 radical (unpaired) electrons. The summed E-state index contributed by atoms with van der Waals surface area (Å²) < 4.78 is 0. The van der Waals surface area contributed by atoms with E-state index in [1.54, 1.807) is 6.21 Å². The first-order valence-corrected chi connectivity index (χ1v) is 5.32. The van der Waals surface area contributed by atoms with Crippen LogP contribution in [0.25, 0.3) is 10.9 Å². The summed E-state index contributed by atoms with van der Waals surface area (Å²) in [6.07, 6.45) is 1.73. The van der Waals surface area contributed by atoms with Crippen LogP contribution in [0.4, 0.5) is 0 Å². The van der Waals surface area contributed by atoms with Crippen molar-refractivity contribution in [1.82, 2.24) is 4.98 Å². The second kappa shape index (κ2) is 3.67. The fourth-order valence-corrected chi connectivity index (χ4v) is 1.54. The average Bonchev–Trinajstić information content (AvgIpc) is 2.49. The van der Waals surface area contributed by atoms with Gasteiger partial charge in [0.2, 0.25) is 0 Å². The number of rotatable bonds is 1. The molecule has 0 saturated carbocycles. The van der Waals surface area contributed by atoms with Gasteiger partial charge in [-0.2, -0.15) is 0 Å². The van der Waals surface area contributed by atoms with E-state index in [0.29, 0.717) is 0 Å². The van der Waals surface area contributed by atoms with Crippen LogP contribution in [0.2, 0.25) is 0 Å². The summed E-state index contributed by atoms with van der Waals surface area (Å²) in [7, 11) is 0. The highest BCUT2D eigenvalue weighted by atomic mass is 16.3. The molecule has 0 spiro atoms. The van der Waals surface area contributed by atoms with Crippen LogP contribution in [-0.4, -0.2) is 21.8 Å². The Morgan fingerprint density at radius 2 is 1.94 bits per heavy atom. The largest absolute Gasteiger partial charge is 0.494 e. The summed E-state index contributed by atoms with van der Waals surface area (Å²) in [6, 6.07) is 7.78. The second-order valence-electron chi connectivity index (χ2n) is 4.86. The lowest BCUT2D eigenvalue weighted by atomic mass is 10.1. The molecule has 1 aromatic heterocycles. The van der Waals surface area contributed by atoms with Gasteiger partial charge < -0.3 is 10.1 Å². The third-order valence-corrected chi connectivity index (χ3v) is 2.31. The molecule has 0 unspecified atom stereocenters. The van der Waals surface area contributed by atoms with Crippen molar-refractivity contribution >= 4 is 17.1 Å². The average molecular weight is 216 g/mol. The molecule has 84 valence electrons. The van der Waals surface area contributed by atoms with E-state index in [4.69, 9.17) is 0 Å². The van der Waals surface area contributed by atoms with E-state index in [-0.39, 0.29) is 11.4 Å². The van der Waals surface area contributed by atoms with Gasteiger partial charge in [0.25, 0.3) is 0 Å². The molecule has 1 aromatic carbocycles. The summed E-state index contributed by atoms with van der Waals surface area (Å²) in [4.78, 5) is 7.33. The lowest BCUT2D eigenvalue weighted by Gasteiger charge is -2.10. The Hall–Kier alpha value is -1.77. The predicted octanol–water partition coefficient (Wildman–Crippen LogP) is 3.09. The van der Waals surface area contributed by atoms with E-state index in [9.17, 15) is 5.11 Å². The van der Waals surface area contributed by atoms with Crippen LogP contribution in [-0.2, 0) is 0 Å². The monoisotopic (exact) mass is 216 g/mol. The molecule has 0 aliphatic heterocycles. The molecule has 16 heavy (non-hydrogen) atoms. The van der Waals surface area contributed by atoms with E-state index >= 15 is 0 Å². The minimum Gasteiger partial charge on any atom is -0.494 e. The van der Waals surface area contributed by atoms with Crippen molar-refractivity contribution in [3.8, 4) is 5.88 Å². The number of para-hydroxylation sites is 1. The van der Waals surface area contributed by atoms with Crippen LogP contribution in [0.1, 0.15) is 26.3 Å². The van der Waals surface area contributed by atoms with Gasteiger partial charge >= 0.3 is 0 Å². The SMILES string of the molecule is CC(C)(C)N=Cc1c(O)[nH]c2ccccc12. The number of H-pyrrole nitrogens is 1.